The lowest BCUT2D eigenvalue weighted by Gasteiger charge is -2.20. The summed E-state index contributed by atoms with van der Waals surface area (Å²) in [4.78, 5) is 4.34. The van der Waals surface area contributed by atoms with E-state index in [1.165, 1.54) is 16.8 Å². The minimum Gasteiger partial charge on any atom is -0.330 e. The van der Waals surface area contributed by atoms with Crippen molar-refractivity contribution in [2.24, 2.45) is 0 Å². The number of imidazole rings is 1. The summed E-state index contributed by atoms with van der Waals surface area (Å²) >= 11 is 0. The molecule has 0 saturated heterocycles. The molecular weight excluding hydrogens is 246 g/mol. The summed E-state index contributed by atoms with van der Waals surface area (Å²) in [7, 11) is 0. The zero-order chi connectivity index (χ0) is 14.8. The van der Waals surface area contributed by atoms with Gasteiger partial charge >= 0.3 is 0 Å². The minimum atomic E-state index is 0.157. The van der Waals surface area contributed by atoms with Gasteiger partial charge in [0, 0.05) is 24.3 Å². The smallest absolute Gasteiger partial charge is 0.0954 e. The highest BCUT2D eigenvalue weighted by molar-refractivity contribution is 5.23. The fourth-order valence-electron chi connectivity index (χ4n) is 2.03. The van der Waals surface area contributed by atoms with E-state index < -0.39 is 0 Å². The molecule has 2 aromatic rings. The molecule has 3 heteroatoms. The Morgan fingerprint density at radius 1 is 1.05 bits per heavy atom. The molecule has 0 aliphatic heterocycles. The van der Waals surface area contributed by atoms with Crippen molar-refractivity contribution in [3.8, 4) is 0 Å². The zero-order valence-electron chi connectivity index (χ0n) is 13.2. The molecule has 1 heterocycles. The van der Waals surface area contributed by atoms with Crippen LogP contribution in [0.2, 0.25) is 0 Å². The maximum atomic E-state index is 4.34. The topological polar surface area (TPSA) is 29.9 Å². The number of aryl methyl sites for hydroxylation is 1. The van der Waals surface area contributed by atoms with Gasteiger partial charge in [0.25, 0.3) is 0 Å². The Kier molecular flexibility index (Phi) is 4.29. The monoisotopic (exact) mass is 271 g/mol. The maximum absolute atomic E-state index is 4.34. The molecule has 0 aliphatic rings. The van der Waals surface area contributed by atoms with Crippen LogP contribution in [0.4, 0.5) is 0 Å². The molecular formula is C17H25N3. The molecule has 0 saturated carbocycles. The summed E-state index contributed by atoms with van der Waals surface area (Å²) in [6.45, 7) is 12.5. The van der Waals surface area contributed by atoms with E-state index in [1.54, 1.807) is 0 Å². The van der Waals surface area contributed by atoms with Gasteiger partial charge in [-0.25, -0.2) is 4.98 Å². The van der Waals surface area contributed by atoms with Crippen LogP contribution in [0.3, 0.4) is 0 Å². The highest BCUT2D eigenvalue weighted by Gasteiger charge is 2.08. The second-order valence-corrected chi connectivity index (χ2v) is 6.46. The number of nitrogens with one attached hydrogen (secondary N) is 1. The first-order chi connectivity index (χ1) is 9.35. The van der Waals surface area contributed by atoms with Crippen LogP contribution < -0.4 is 5.32 Å². The molecule has 20 heavy (non-hydrogen) atoms. The predicted octanol–water partition coefficient (Wildman–Crippen LogP) is 3.44. The Hall–Kier alpha value is -1.61. The molecule has 1 aromatic carbocycles. The van der Waals surface area contributed by atoms with Crippen LogP contribution in [-0.2, 0) is 13.1 Å². The summed E-state index contributed by atoms with van der Waals surface area (Å²) in [5.41, 5.74) is 5.14. The van der Waals surface area contributed by atoms with Crippen LogP contribution >= 0.6 is 0 Å². The molecule has 0 unspecified atom stereocenters. The van der Waals surface area contributed by atoms with E-state index in [0.29, 0.717) is 0 Å². The van der Waals surface area contributed by atoms with Crippen LogP contribution in [-0.4, -0.2) is 15.1 Å². The summed E-state index contributed by atoms with van der Waals surface area (Å²) in [6, 6.07) is 8.81. The Labute approximate surface area is 122 Å². The molecule has 108 valence electrons. The first kappa shape index (κ1) is 14.8. The highest BCUT2D eigenvalue weighted by Crippen LogP contribution is 2.11. The van der Waals surface area contributed by atoms with Gasteiger partial charge in [-0.1, -0.05) is 24.3 Å². The molecule has 3 nitrogen and oxygen atoms in total. The third-order valence-corrected chi connectivity index (χ3v) is 3.54. The molecule has 1 aromatic heterocycles. The van der Waals surface area contributed by atoms with Crippen LogP contribution in [0.1, 0.15) is 43.3 Å². The first-order valence-corrected chi connectivity index (χ1v) is 7.16. The Morgan fingerprint density at radius 3 is 2.15 bits per heavy atom. The van der Waals surface area contributed by atoms with E-state index >= 15 is 0 Å². The van der Waals surface area contributed by atoms with Crippen molar-refractivity contribution in [1.82, 2.24) is 14.9 Å². The first-order valence-electron chi connectivity index (χ1n) is 7.16. The fourth-order valence-corrected chi connectivity index (χ4v) is 2.03. The average Bonchev–Trinajstić information content (AvgIpc) is 2.69. The molecule has 0 bridgehead atoms. The SMILES string of the molecule is Cc1ncn(Cc2ccc(CNC(C)(C)C)cc2)c1C. The van der Waals surface area contributed by atoms with E-state index in [2.05, 4.69) is 66.8 Å². The van der Waals surface area contributed by atoms with Crippen molar-refractivity contribution in [2.45, 2.75) is 53.2 Å². The maximum Gasteiger partial charge on any atom is 0.0954 e. The van der Waals surface area contributed by atoms with Crippen LogP contribution in [0.15, 0.2) is 30.6 Å². The number of benzene rings is 1. The lowest BCUT2D eigenvalue weighted by Crippen LogP contribution is -2.35. The van der Waals surface area contributed by atoms with Gasteiger partial charge in [-0.15, -0.1) is 0 Å². The summed E-state index contributed by atoms with van der Waals surface area (Å²) in [6.07, 6.45) is 1.92. The second-order valence-electron chi connectivity index (χ2n) is 6.46. The predicted molar refractivity (Wildman–Crippen MR) is 83.8 cm³/mol. The van der Waals surface area contributed by atoms with Crippen LogP contribution in [0.5, 0.6) is 0 Å². The second kappa shape index (κ2) is 5.80. The van der Waals surface area contributed by atoms with Gasteiger partial charge in [0.05, 0.1) is 12.0 Å². The largest absolute Gasteiger partial charge is 0.330 e. The number of nitrogens with zero attached hydrogens (tertiary/aromatic N) is 2. The van der Waals surface area contributed by atoms with E-state index in [1.807, 2.05) is 13.3 Å². The molecule has 0 amide bonds. The van der Waals surface area contributed by atoms with Crippen molar-refractivity contribution in [3.63, 3.8) is 0 Å². The van der Waals surface area contributed by atoms with Gasteiger partial charge in [-0.3, -0.25) is 0 Å². The zero-order valence-corrected chi connectivity index (χ0v) is 13.2. The summed E-state index contributed by atoms with van der Waals surface area (Å²) in [5.74, 6) is 0. The fraction of sp³-hybridized carbons (Fsp3) is 0.471. The van der Waals surface area contributed by atoms with Gasteiger partial charge in [-0.2, -0.15) is 0 Å². The van der Waals surface area contributed by atoms with E-state index in [-0.39, 0.29) is 5.54 Å². The number of hydrogen-bond donors (Lipinski definition) is 1. The van der Waals surface area contributed by atoms with Gasteiger partial charge in [0.1, 0.15) is 0 Å². The number of rotatable bonds is 4. The van der Waals surface area contributed by atoms with Crippen molar-refractivity contribution in [2.75, 3.05) is 0 Å². The van der Waals surface area contributed by atoms with Crippen molar-refractivity contribution < 1.29 is 0 Å². The van der Waals surface area contributed by atoms with Crippen molar-refractivity contribution in [3.05, 3.63) is 53.1 Å². The molecule has 2 rings (SSSR count). The summed E-state index contributed by atoms with van der Waals surface area (Å²) < 4.78 is 2.19. The molecule has 0 fully saturated rings. The van der Waals surface area contributed by atoms with Crippen LogP contribution in [0.25, 0.3) is 0 Å². The Morgan fingerprint density at radius 2 is 1.65 bits per heavy atom. The quantitative estimate of drug-likeness (QED) is 0.923. The Balaban J connectivity index is 2.00. The number of hydrogen-bond acceptors (Lipinski definition) is 2. The lowest BCUT2D eigenvalue weighted by atomic mass is 10.1. The number of aromatic nitrogens is 2. The third-order valence-electron chi connectivity index (χ3n) is 3.54. The van der Waals surface area contributed by atoms with Crippen LogP contribution in [0, 0.1) is 13.8 Å². The van der Waals surface area contributed by atoms with Gasteiger partial charge in [-0.05, 0) is 45.7 Å². The van der Waals surface area contributed by atoms with Crippen molar-refractivity contribution in [1.29, 1.82) is 0 Å². The third kappa shape index (κ3) is 3.94. The highest BCUT2D eigenvalue weighted by atomic mass is 15.0. The molecule has 0 radical (unpaired) electrons. The van der Waals surface area contributed by atoms with Gasteiger partial charge in [0.15, 0.2) is 0 Å². The standard InChI is InChI=1S/C17H25N3/c1-13-14(2)20(12-18-13)11-16-8-6-15(7-9-16)10-19-17(3,4)5/h6-9,12,19H,10-11H2,1-5H3. The Bertz CT molecular complexity index is 559. The van der Waals surface area contributed by atoms with Gasteiger partial charge in [0.2, 0.25) is 0 Å². The average molecular weight is 271 g/mol. The minimum absolute atomic E-state index is 0.157. The molecule has 0 atom stereocenters. The normalized spacial score (nSPS) is 11.8. The molecule has 1 N–H and O–H groups in total. The van der Waals surface area contributed by atoms with E-state index in [0.717, 1.165) is 18.8 Å². The lowest BCUT2D eigenvalue weighted by molar-refractivity contribution is 0.424. The van der Waals surface area contributed by atoms with Crippen molar-refractivity contribution >= 4 is 0 Å². The van der Waals surface area contributed by atoms with E-state index in [9.17, 15) is 0 Å². The van der Waals surface area contributed by atoms with E-state index in [4.69, 9.17) is 0 Å². The summed E-state index contributed by atoms with van der Waals surface area (Å²) in [5, 5.41) is 3.50. The molecule has 0 aliphatic carbocycles. The van der Waals surface area contributed by atoms with Gasteiger partial charge < -0.3 is 9.88 Å². The molecule has 0 spiro atoms.